The lowest BCUT2D eigenvalue weighted by molar-refractivity contribution is -0.385. The van der Waals surface area contributed by atoms with Gasteiger partial charge in [0.15, 0.2) is 5.75 Å². The molecule has 0 radical (unpaired) electrons. The fourth-order valence-electron chi connectivity index (χ4n) is 3.33. The van der Waals surface area contributed by atoms with Crippen LogP contribution in [0.2, 0.25) is 0 Å². The van der Waals surface area contributed by atoms with Crippen LogP contribution in [0.25, 0.3) is 11.4 Å². The summed E-state index contributed by atoms with van der Waals surface area (Å²) in [6.45, 7) is 1.51. The van der Waals surface area contributed by atoms with Crippen molar-refractivity contribution in [2.45, 2.75) is 19.5 Å². The minimum absolute atomic E-state index is 0.190. The van der Waals surface area contributed by atoms with E-state index >= 15 is 0 Å². The Morgan fingerprint density at radius 3 is 2.93 bits per heavy atom. The van der Waals surface area contributed by atoms with Crippen LogP contribution in [0, 0.1) is 10.1 Å². The number of H-pyrrole nitrogens is 1. The molecule has 9 nitrogen and oxygen atoms in total. The molecule has 1 aromatic carbocycles. The monoisotopic (exact) mass is 379 g/mol. The summed E-state index contributed by atoms with van der Waals surface area (Å²) in [5.74, 6) is 0.140. The van der Waals surface area contributed by atoms with Gasteiger partial charge in [-0.25, -0.2) is 4.98 Å². The highest BCUT2D eigenvalue weighted by Gasteiger charge is 2.22. The first-order chi connectivity index (χ1) is 13.5. The van der Waals surface area contributed by atoms with Gasteiger partial charge in [-0.1, -0.05) is 6.07 Å². The summed E-state index contributed by atoms with van der Waals surface area (Å²) >= 11 is 0. The van der Waals surface area contributed by atoms with Gasteiger partial charge in [-0.05, 0) is 23.8 Å². The second-order valence-corrected chi connectivity index (χ2v) is 6.62. The SMILES string of the molecule is O=c1[nH]c(-c2cccnc2)nc2c1CN(Cc1ccc(O)c([N+](=O)[O-])c1)CC2. The van der Waals surface area contributed by atoms with E-state index in [1.165, 1.54) is 12.1 Å². The van der Waals surface area contributed by atoms with Crippen LogP contribution in [0.3, 0.4) is 0 Å². The third-order valence-corrected chi connectivity index (χ3v) is 4.73. The number of fused-ring (bicyclic) bond motifs is 1. The van der Waals surface area contributed by atoms with Gasteiger partial charge < -0.3 is 10.1 Å². The van der Waals surface area contributed by atoms with Gasteiger partial charge in [0.05, 0.1) is 16.2 Å². The van der Waals surface area contributed by atoms with Crippen LogP contribution in [0.4, 0.5) is 5.69 Å². The van der Waals surface area contributed by atoms with Crippen molar-refractivity contribution >= 4 is 5.69 Å². The van der Waals surface area contributed by atoms with E-state index in [-0.39, 0.29) is 17.0 Å². The van der Waals surface area contributed by atoms with Crippen LogP contribution in [0.1, 0.15) is 16.8 Å². The molecule has 0 atom stereocenters. The average Bonchev–Trinajstić information content (AvgIpc) is 2.70. The lowest BCUT2D eigenvalue weighted by Crippen LogP contribution is -2.35. The van der Waals surface area contributed by atoms with Crippen LogP contribution in [0.15, 0.2) is 47.5 Å². The molecule has 0 spiro atoms. The molecule has 0 aliphatic carbocycles. The number of rotatable bonds is 4. The van der Waals surface area contributed by atoms with Crippen molar-refractivity contribution in [1.82, 2.24) is 19.9 Å². The molecular weight excluding hydrogens is 362 g/mol. The number of nitrogens with zero attached hydrogens (tertiary/aromatic N) is 4. The Morgan fingerprint density at radius 1 is 1.32 bits per heavy atom. The van der Waals surface area contributed by atoms with E-state index in [0.717, 1.165) is 11.3 Å². The third kappa shape index (κ3) is 3.47. The minimum atomic E-state index is -0.612. The molecule has 9 heteroatoms. The highest BCUT2D eigenvalue weighted by atomic mass is 16.6. The smallest absolute Gasteiger partial charge is 0.311 e. The van der Waals surface area contributed by atoms with Crippen molar-refractivity contribution in [3.8, 4) is 17.1 Å². The molecule has 0 fully saturated rings. The van der Waals surface area contributed by atoms with Crippen LogP contribution in [-0.4, -0.2) is 36.4 Å². The van der Waals surface area contributed by atoms with Gasteiger partial charge in [-0.2, -0.15) is 0 Å². The fraction of sp³-hybridized carbons (Fsp3) is 0.211. The van der Waals surface area contributed by atoms with Gasteiger partial charge in [0, 0.05) is 50.1 Å². The summed E-state index contributed by atoms with van der Waals surface area (Å²) in [6.07, 6.45) is 3.91. The topological polar surface area (TPSA) is 125 Å². The molecule has 4 rings (SSSR count). The number of phenols is 1. The third-order valence-electron chi connectivity index (χ3n) is 4.73. The van der Waals surface area contributed by atoms with Gasteiger partial charge in [0.1, 0.15) is 5.82 Å². The normalized spacial score (nSPS) is 13.9. The first kappa shape index (κ1) is 17.8. The van der Waals surface area contributed by atoms with Gasteiger partial charge in [0.25, 0.3) is 5.56 Å². The zero-order valence-electron chi connectivity index (χ0n) is 14.8. The summed E-state index contributed by atoms with van der Waals surface area (Å²) < 4.78 is 0. The second-order valence-electron chi connectivity index (χ2n) is 6.62. The van der Waals surface area contributed by atoms with Crippen molar-refractivity contribution in [2.75, 3.05) is 6.54 Å². The number of aromatic nitrogens is 3. The predicted octanol–water partition coefficient (Wildman–Crippen LogP) is 2.00. The van der Waals surface area contributed by atoms with E-state index in [9.17, 15) is 20.0 Å². The number of pyridine rings is 1. The summed E-state index contributed by atoms with van der Waals surface area (Å²) in [4.78, 5) is 36.4. The number of phenolic OH excluding ortho intramolecular Hbond substituents is 1. The molecule has 0 bridgehead atoms. The maximum atomic E-state index is 12.6. The Kier molecular flexibility index (Phi) is 4.58. The average molecular weight is 379 g/mol. The first-order valence-electron chi connectivity index (χ1n) is 8.72. The maximum absolute atomic E-state index is 12.6. The maximum Gasteiger partial charge on any atom is 0.311 e. The van der Waals surface area contributed by atoms with Crippen LogP contribution in [-0.2, 0) is 19.5 Å². The molecule has 0 saturated carbocycles. The molecule has 2 N–H and O–H groups in total. The van der Waals surface area contributed by atoms with Crippen molar-refractivity contribution in [3.05, 3.63) is 80.0 Å². The number of nitro benzene ring substituents is 1. The molecular formula is C19H17N5O4. The summed E-state index contributed by atoms with van der Waals surface area (Å²) in [5, 5.41) is 20.6. The Balaban J connectivity index is 1.57. The van der Waals surface area contributed by atoms with Crippen LogP contribution >= 0.6 is 0 Å². The standard InChI is InChI=1S/C19H17N5O4/c25-17-4-3-12(8-16(17)24(27)28)10-23-7-5-15-14(11-23)19(26)22-18(21-15)13-2-1-6-20-9-13/h1-4,6,8-9,25H,5,7,10-11H2,(H,21,22,26). The molecule has 1 aliphatic rings. The van der Waals surface area contributed by atoms with Crippen molar-refractivity contribution in [3.63, 3.8) is 0 Å². The van der Waals surface area contributed by atoms with Gasteiger partial charge >= 0.3 is 5.69 Å². The zero-order valence-corrected chi connectivity index (χ0v) is 14.8. The molecule has 3 heterocycles. The predicted molar refractivity (Wildman–Crippen MR) is 101 cm³/mol. The summed E-state index contributed by atoms with van der Waals surface area (Å²) in [6, 6.07) is 7.95. The van der Waals surface area contributed by atoms with E-state index in [4.69, 9.17) is 0 Å². The molecule has 28 heavy (non-hydrogen) atoms. The van der Waals surface area contributed by atoms with Crippen molar-refractivity contribution < 1.29 is 10.0 Å². The Bertz CT molecular complexity index is 1100. The van der Waals surface area contributed by atoms with Crippen molar-refractivity contribution in [2.24, 2.45) is 0 Å². The number of aromatic amines is 1. The Morgan fingerprint density at radius 2 is 2.18 bits per heavy atom. The van der Waals surface area contributed by atoms with E-state index in [2.05, 4.69) is 15.0 Å². The quantitative estimate of drug-likeness (QED) is 0.524. The van der Waals surface area contributed by atoms with Crippen molar-refractivity contribution in [1.29, 1.82) is 0 Å². The van der Waals surface area contributed by atoms with Gasteiger partial charge in [-0.3, -0.25) is 24.8 Å². The molecule has 2 aromatic heterocycles. The minimum Gasteiger partial charge on any atom is -0.502 e. The highest BCUT2D eigenvalue weighted by Crippen LogP contribution is 2.27. The number of aromatic hydroxyl groups is 1. The summed E-state index contributed by atoms with van der Waals surface area (Å²) in [7, 11) is 0. The van der Waals surface area contributed by atoms with Crippen LogP contribution < -0.4 is 5.56 Å². The van der Waals surface area contributed by atoms with Crippen LogP contribution in [0.5, 0.6) is 5.75 Å². The molecule has 0 amide bonds. The van der Waals surface area contributed by atoms with E-state index < -0.39 is 4.92 Å². The Hall–Kier alpha value is -3.59. The number of hydrogen-bond donors (Lipinski definition) is 2. The highest BCUT2D eigenvalue weighted by molar-refractivity contribution is 5.53. The molecule has 3 aromatic rings. The van der Waals surface area contributed by atoms with E-state index in [1.807, 2.05) is 11.0 Å². The molecule has 1 aliphatic heterocycles. The summed E-state index contributed by atoms with van der Waals surface area (Å²) in [5.41, 5.74) is 2.30. The second kappa shape index (κ2) is 7.20. The first-order valence-corrected chi connectivity index (χ1v) is 8.72. The van der Waals surface area contributed by atoms with Gasteiger partial charge in [-0.15, -0.1) is 0 Å². The Labute approximate surface area is 159 Å². The largest absolute Gasteiger partial charge is 0.502 e. The molecule has 0 saturated heterocycles. The van der Waals surface area contributed by atoms with E-state index in [1.54, 1.807) is 24.5 Å². The molecule has 142 valence electrons. The van der Waals surface area contributed by atoms with E-state index in [0.29, 0.717) is 43.0 Å². The molecule has 0 unspecified atom stereocenters. The lowest BCUT2D eigenvalue weighted by atomic mass is 10.1. The number of nitro groups is 1. The number of benzene rings is 1. The number of nitrogens with one attached hydrogen (secondary N) is 1. The number of hydrogen-bond acceptors (Lipinski definition) is 7. The fourth-order valence-corrected chi connectivity index (χ4v) is 3.33. The zero-order chi connectivity index (χ0) is 19.7. The lowest BCUT2D eigenvalue weighted by Gasteiger charge is -2.27. The van der Waals surface area contributed by atoms with Gasteiger partial charge in [0.2, 0.25) is 0 Å².